The number of rotatable bonds is 4. The van der Waals surface area contributed by atoms with Crippen LogP contribution in [0, 0.1) is 0 Å². The van der Waals surface area contributed by atoms with Crippen molar-refractivity contribution < 1.29 is 13.3 Å². The average Bonchev–Trinajstić information content (AvgIpc) is 2.79. The predicted octanol–water partition coefficient (Wildman–Crippen LogP) is 1.49. The van der Waals surface area contributed by atoms with Crippen molar-refractivity contribution in [2.75, 3.05) is 19.6 Å². The third kappa shape index (κ3) is 3.19. The van der Waals surface area contributed by atoms with Gasteiger partial charge in [0, 0.05) is 6.54 Å². The van der Waals surface area contributed by atoms with Gasteiger partial charge in [0.15, 0.2) is 5.82 Å². The first-order chi connectivity index (χ1) is 8.16. The summed E-state index contributed by atoms with van der Waals surface area (Å²) in [5.41, 5.74) is 5.87. The number of likely N-dealkylation sites (tertiary alicyclic amines) is 1. The minimum atomic E-state index is -2.74. The second-order valence-electron chi connectivity index (χ2n) is 4.26. The maximum Gasteiger partial charge on any atom is 0.315 e. The highest BCUT2D eigenvalue weighted by Crippen LogP contribution is 2.19. The summed E-state index contributed by atoms with van der Waals surface area (Å²) in [5.74, 6) is -0.500. The Kier molecular flexibility index (Phi) is 4.01. The zero-order valence-electron chi connectivity index (χ0n) is 9.48. The molecule has 2 N–H and O–H groups in total. The molecule has 0 spiro atoms. The summed E-state index contributed by atoms with van der Waals surface area (Å²) < 4.78 is 28.9. The second-order valence-corrected chi connectivity index (χ2v) is 4.26. The van der Waals surface area contributed by atoms with E-state index in [4.69, 9.17) is 5.73 Å². The van der Waals surface area contributed by atoms with Gasteiger partial charge in [0.05, 0.1) is 6.04 Å². The lowest BCUT2D eigenvalue weighted by atomic mass is 10.1. The fraction of sp³-hybridized carbons (Fsp3) is 0.800. The van der Waals surface area contributed by atoms with Crippen LogP contribution in [0.5, 0.6) is 0 Å². The molecule has 1 aromatic heterocycles. The Morgan fingerprint density at radius 3 is 2.59 bits per heavy atom. The van der Waals surface area contributed by atoms with Crippen LogP contribution in [-0.2, 0) is 0 Å². The lowest BCUT2D eigenvalue weighted by molar-refractivity contribution is 0.106. The molecular weight excluding hydrogens is 230 g/mol. The summed E-state index contributed by atoms with van der Waals surface area (Å²) in [5, 5.41) is 3.49. The Balaban J connectivity index is 1.91. The molecule has 1 aliphatic heterocycles. The number of hydrogen-bond donors (Lipinski definition) is 1. The molecule has 0 bridgehead atoms. The zero-order chi connectivity index (χ0) is 12.3. The van der Waals surface area contributed by atoms with Gasteiger partial charge in [-0.3, -0.25) is 0 Å². The van der Waals surface area contributed by atoms with E-state index in [0.29, 0.717) is 6.54 Å². The van der Waals surface area contributed by atoms with Gasteiger partial charge in [0.2, 0.25) is 0 Å². The standard InChI is InChI=1S/C10H16F2N4O/c11-8(12)10-14-9(15-17-10)7(13)6-16-4-2-1-3-5-16/h7-8H,1-6,13H2. The molecule has 7 heteroatoms. The molecule has 1 aromatic rings. The van der Waals surface area contributed by atoms with Gasteiger partial charge in [-0.25, -0.2) is 0 Å². The Morgan fingerprint density at radius 2 is 2.00 bits per heavy atom. The molecular formula is C10H16F2N4O. The summed E-state index contributed by atoms with van der Waals surface area (Å²) in [6, 6.07) is -0.468. The van der Waals surface area contributed by atoms with Crippen molar-refractivity contribution >= 4 is 0 Å². The van der Waals surface area contributed by atoms with E-state index in [1.807, 2.05) is 0 Å². The molecule has 1 atom stereocenters. The van der Waals surface area contributed by atoms with Gasteiger partial charge in [-0.05, 0) is 25.9 Å². The maximum atomic E-state index is 12.3. The van der Waals surface area contributed by atoms with E-state index in [1.54, 1.807) is 0 Å². The molecule has 17 heavy (non-hydrogen) atoms. The summed E-state index contributed by atoms with van der Waals surface area (Å²) in [6.45, 7) is 2.57. The lowest BCUT2D eigenvalue weighted by Gasteiger charge is -2.27. The van der Waals surface area contributed by atoms with Crippen LogP contribution in [0.2, 0.25) is 0 Å². The van der Waals surface area contributed by atoms with E-state index in [1.165, 1.54) is 6.42 Å². The molecule has 2 heterocycles. The summed E-state index contributed by atoms with van der Waals surface area (Å²) in [4.78, 5) is 5.80. The summed E-state index contributed by atoms with van der Waals surface area (Å²) in [6.07, 6.45) is 0.810. The molecule has 96 valence electrons. The zero-order valence-corrected chi connectivity index (χ0v) is 9.48. The van der Waals surface area contributed by atoms with Gasteiger partial charge < -0.3 is 15.2 Å². The molecule has 0 aliphatic carbocycles. The Bertz CT molecular complexity index is 352. The first kappa shape index (κ1) is 12.4. The van der Waals surface area contributed by atoms with Gasteiger partial charge >= 0.3 is 6.43 Å². The molecule has 0 radical (unpaired) electrons. The number of aromatic nitrogens is 2. The number of piperidine rings is 1. The van der Waals surface area contributed by atoms with Crippen molar-refractivity contribution in [3.63, 3.8) is 0 Å². The van der Waals surface area contributed by atoms with Crippen molar-refractivity contribution in [3.8, 4) is 0 Å². The van der Waals surface area contributed by atoms with E-state index in [2.05, 4.69) is 19.6 Å². The van der Waals surface area contributed by atoms with Crippen molar-refractivity contribution in [2.45, 2.75) is 31.7 Å². The van der Waals surface area contributed by atoms with E-state index in [0.717, 1.165) is 25.9 Å². The SMILES string of the molecule is NC(CN1CCCCC1)c1noc(C(F)F)n1. The summed E-state index contributed by atoms with van der Waals surface area (Å²) in [7, 11) is 0. The van der Waals surface area contributed by atoms with Gasteiger partial charge in [-0.15, -0.1) is 0 Å². The smallest absolute Gasteiger partial charge is 0.315 e. The molecule has 5 nitrogen and oxygen atoms in total. The monoisotopic (exact) mass is 246 g/mol. The molecule has 1 fully saturated rings. The Hall–Kier alpha value is -1.08. The predicted molar refractivity (Wildman–Crippen MR) is 56.5 cm³/mol. The Labute approximate surface area is 98.0 Å². The van der Waals surface area contributed by atoms with E-state index < -0.39 is 18.4 Å². The van der Waals surface area contributed by atoms with Crippen molar-refractivity contribution in [3.05, 3.63) is 11.7 Å². The minimum absolute atomic E-state index is 0.158. The first-order valence-electron chi connectivity index (χ1n) is 5.76. The van der Waals surface area contributed by atoms with Crippen LogP contribution in [0.15, 0.2) is 4.52 Å². The molecule has 0 amide bonds. The number of halogens is 2. The van der Waals surface area contributed by atoms with E-state index in [-0.39, 0.29) is 5.82 Å². The molecule has 2 rings (SSSR count). The van der Waals surface area contributed by atoms with Crippen molar-refractivity contribution in [1.29, 1.82) is 0 Å². The lowest BCUT2D eigenvalue weighted by Crippen LogP contribution is -2.36. The van der Waals surface area contributed by atoms with Crippen LogP contribution in [0.3, 0.4) is 0 Å². The first-order valence-corrected chi connectivity index (χ1v) is 5.76. The highest BCUT2D eigenvalue weighted by molar-refractivity contribution is 4.95. The van der Waals surface area contributed by atoms with E-state index >= 15 is 0 Å². The van der Waals surface area contributed by atoms with Gasteiger partial charge in [0.1, 0.15) is 0 Å². The second kappa shape index (κ2) is 5.50. The van der Waals surface area contributed by atoms with Gasteiger partial charge in [-0.2, -0.15) is 13.8 Å². The van der Waals surface area contributed by atoms with Crippen LogP contribution in [0.1, 0.15) is 43.4 Å². The van der Waals surface area contributed by atoms with E-state index in [9.17, 15) is 8.78 Å². The van der Waals surface area contributed by atoms with Gasteiger partial charge in [-0.1, -0.05) is 11.6 Å². The number of alkyl halides is 2. The molecule has 1 unspecified atom stereocenters. The third-order valence-corrected chi connectivity index (χ3v) is 2.88. The third-order valence-electron chi connectivity index (χ3n) is 2.88. The quantitative estimate of drug-likeness (QED) is 0.871. The van der Waals surface area contributed by atoms with Crippen LogP contribution < -0.4 is 5.73 Å². The van der Waals surface area contributed by atoms with Crippen LogP contribution in [-0.4, -0.2) is 34.7 Å². The highest BCUT2D eigenvalue weighted by atomic mass is 19.3. The normalized spacial score (nSPS) is 19.8. The summed E-state index contributed by atoms with van der Waals surface area (Å²) >= 11 is 0. The molecule has 0 saturated carbocycles. The number of nitrogens with zero attached hydrogens (tertiary/aromatic N) is 3. The maximum absolute atomic E-state index is 12.3. The Morgan fingerprint density at radius 1 is 1.29 bits per heavy atom. The average molecular weight is 246 g/mol. The van der Waals surface area contributed by atoms with Crippen LogP contribution in [0.25, 0.3) is 0 Å². The van der Waals surface area contributed by atoms with Crippen LogP contribution >= 0.6 is 0 Å². The van der Waals surface area contributed by atoms with Crippen molar-refractivity contribution in [1.82, 2.24) is 15.0 Å². The topological polar surface area (TPSA) is 68.2 Å². The fourth-order valence-corrected chi connectivity index (χ4v) is 1.99. The van der Waals surface area contributed by atoms with Gasteiger partial charge in [0.25, 0.3) is 5.89 Å². The molecule has 0 aromatic carbocycles. The van der Waals surface area contributed by atoms with Crippen molar-refractivity contribution in [2.24, 2.45) is 5.73 Å². The number of nitrogens with two attached hydrogens (primary N) is 1. The highest BCUT2D eigenvalue weighted by Gasteiger charge is 2.22. The largest absolute Gasteiger partial charge is 0.333 e. The molecule has 1 saturated heterocycles. The molecule has 1 aliphatic rings. The minimum Gasteiger partial charge on any atom is -0.333 e. The van der Waals surface area contributed by atoms with Crippen LogP contribution in [0.4, 0.5) is 8.78 Å². The fourth-order valence-electron chi connectivity index (χ4n) is 1.99. The number of hydrogen-bond acceptors (Lipinski definition) is 5.